The van der Waals surface area contributed by atoms with Crippen molar-refractivity contribution in [3.05, 3.63) is 10.4 Å². The topological polar surface area (TPSA) is 427 Å². The summed E-state index contributed by atoms with van der Waals surface area (Å²) < 4.78 is 0. The molecule has 0 aliphatic rings. The van der Waals surface area contributed by atoms with Gasteiger partial charge in [0, 0.05) is 19.3 Å². The van der Waals surface area contributed by atoms with E-state index in [1.165, 1.54) is 0 Å². The number of nitrogens with zero attached hydrogens (tertiary/aromatic N) is 4. The van der Waals surface area contributed by atoms with E-state index >= 15 is 0 Å². The van der Waals surface area contributed by atoms with E-state index in [9.17, 15) is 74.3 Å². The van der Waals surface area contributed by atoms with E-state index in [1.54, 1.807) is 0 Å². The Morgan fingerprint density at radius 3 is 1.51 bits per heavy atom. The Morgan fingerprint density at radius 1 is 0.576 bits per heavy atom. The third-order valence-corrected chi connectivity index (χ3v) is 8.37. The molecule has 336 valence electrons. The fourth-order valence-corrected chi connectivity index (χ4v) is 5.14. The van der Waals surface area contributed by atoms with Crippen LogP contribution in [-0.4, -0.2) is 161 Å². The zero-order valence-corrected chi connectivity index (χ0v) is 32.8. The van der Waals surface area contributed by atoms with E-state index in [0.29, 0.717) is 12.8 Å². The van der Waals surface area contributed by atoms with Gasteiger partial charge < -0.3 is 78.3 Å². The van der Waals surface area contributed by atoms with Gasteiger partial charge in [-0.05, 0) is 33.1 Å². The molecule has 0 aliphatic heterocycles. The van der Waals surface area contributed by atoms with Gasteiger partial charge >= 0.3 is 11.9 Å². The fraction of sp³-hybridized carbons (Fsp3) is 0.750. The molecule has 0 heterocycles. The number of hydroxylamine groups is 2. The number of aliphatic hydroxyl groups is 3. The molecular formula is C32H56N10O17. The third-order valence-electron chi connectivity index (χ3n) is 8.37. The molecule has 0 aliphatic carbocycles. The van der Waals surface area contributed by atoms with Gasteiger partial charge in [-0.1, -0.05) is 42.3 Å². The predicted molar refractivity (Wildman–Crippen MR) is 195 cm³/mol. The van der Waals surface area contributed by atoms with Gasteiger partial charge in [-0.3, -0.25) is 28.8 Å². The third kappa shape index (κ3) is 21.4. The van der Waals surface area contributed by atoms with Gasteiger partial charge in [0.15, 0.2) is 29.7 Å². The normalized spacial score (nSPS) is 15.8. The number of amides is 6. The second kappa shape index (κ2) is 28.4. The number of carboxylic acid groups (broad SMARTS) is 2. The molecule has 59 heavy (non-hydrogen) atoms. The molecule has 8 unspecified atom stereocenters. The Kier molecular flexibility index (Phi) is 25.6. The van der Waals surface area contributed by atoms with Crippen molar-refractivity contribution in [2.75, 3.05) is 19.6 Å². The molecule has 0 aromatic rings. The first-order valence-electron chi connectivity index (χ1n) is 18.6. The lowest BCUT2D eigenvalue weighted by molar-refractivity contribution is -0.556. The second-order valence-electron chi connectivity index (χ2n) is 13.3. The van der Waals surface area contributed by atoms with Crippen LogP contribution in [0, 0.1) is 10.4 Å². The van der Waals surface area contributed by atoms with Crippen LogP contribution >= 0.6 is 0 Å². The Bertz CT molecular complexity index is 1480. The number of unbranched alkanes of at least 4 members (excludes halogenated alkanes) is 4. The summed E-state index contributed by atoms with van der Waals surface area (Å²) in [6, 6.07) is -9.25. The van der Waals surface area contributed by atoms with E-state index in [2.05, 4.69) is 37.1 Å². The van der Waals surface area contributed by atoms with Crippen LogP contribution in [0.2, 0.25) is 0 Å². The Balaban J connectivity index is 5.99. The standard InChI is InChI=1S/C32H56N10O17/c1-4-5-6-7-8-13-21(45)36-25(26(47)32(54)55)30(51)38-24(18(3)44)29(50)37-23(17(2)43)28(49)35-19(11-9-14-41(58)39-56)27(48)33-16-22(46)34-20(31(52)53)12-10-15-42(59)40-57/h17-20,23-26,43-44,47,56-57H,4-16H2,1-3H3,(H,33,48)(H,34,46)(H,35,49)(H,36,45)(H,37,50)(H,38,51)(H,52,53)(H,54,55). The number of carbonyl (C=O) groups is 8. The van der Waals surface area contributed by atoms with Crippen molar-refractivity contribution in [3.63, 3.8) is 0 Å². The number of aliphatic hydroxyl groups excluding tert-OH is 3. The monoisotopic (exact) mass is 852 g/mol. The van der Waals surface area contributed by atoms with Gasteiger partial charge in [-0.15, -0.1) is 0 Å². The van der Waals surface area contributed by atoms with Gasteiger partial charge in [-0.25, -0.2) is 9.59 Å². The minimum absolute atomic E-state index is 0.123. The molecule has 0 radical (unpaired) electrons. The summed E-state index contributed by atoms with van der Waals surface area (Å²) in [5.41, 5.74) is 0. The van der Waals surface area contributed by atoms with Crippen LogP contribution in [0.3, 0.4) is 0 Å². The first kappa shape index (κ1) is 53.0. The molecule has 6 amide bonds. The molecule has 0 rings (SSSR count). The summed E-state index contributed by atoms with van der Waals surface area (Å²) in [5, 5.41) is 107. The molecule has 0 bridgehead atoms. The van der Waals surface area contributed by atoms with Crippen molar-refractivity contribution >= 4 is 47.4 Å². The highest BCUT2D eigenvalue weighted by Gasteiger charge is 2.38. The molecule has 0 aromatic carbocycles. The van der Waals surface area contributed by atoms with Crippen LogP contribution in [0.5, 0.6) is 0 Å². The smallest absolute Gasteiger partial charge is 0.335 e. The van der Waals surface area contributed by atoms with Crippen LogP contribution < -0.4 is 31.9 Å². The van der Waals surface area contributed by atoms with Crippen LogP contribution in [0.15, 0.2) is 10.6 Å². The van der Waals surface area contributed by atoms with Crippen LogP contribution in [0.4, 0.5) is 0 Å². The molecule has 0 fully saturated rings. The number of hydrogen-bond donors (Lipinski definition) is 13. The van der Waals surface area contributed by atoms with Crippen LogP contribution in [0.1, 0.15) is 85.0 Å². The van der Waals surface area contributed by atoms with Gasteiger partial charge in [0.25, 0.3) is 0 Å². The quantitative estimate of drug-likeness (QED) is 0.0144. The summed E-state index contributed by atoms with van der Waals surface area (Å²) in [4.78, 5) is 101. The maximum Gasteiger partial charge on any atom is 0.335 e. The van der Waals surface area contributed by atoms with Gasteiger partial charge in [0.05, 0.1) is 18.8 Å². The summed E-state index contributed by atoms with van der Waals surface area (Å²) in [6.07, 6.45) is -3.46. The second-order valence-corrected chi connectivity index (χ2v) is 13.3. The Morgan fingerprint density at radius 2 is 1.05 bits per heavy atom. The number of carbonyl (C=O) groups excluding carboxylic acids is 6. The van der Waals surface area contributed by atoms with E-state index < -0.39 is 122 Å². The number of nitrogens with one attached hydrogen (secondary N) is 6. The highest BCUT2D eigenvalue weighted by atomic mass is 16.6. The van der Waals surface area contributed by atoms with Crippen molar-refractivity contribution < 1.29 is 84.0 Å². The fourth-order valence-electron chi connectivity index (χ4n) is 5.14. The lowest BCUT2D eigenvalue weighted by Gasteiger charge is -2.29. The predicted octanol–water partition coefficient (Wildman–Crippen LogP) is -3.56. The highest BCUT2D eigenvalue weighted by molar-refractivity contribution is 5.98. The number of carboxylic acids is 2. The van der Waals surface area contributed by atoms with Crippen molar-refractivity contribution in [2.45, 2.75) is 134 Å². The Hall–Kier alpha value is -5.96. The number of hydrogen-bond acceptors (Lipinski definition) is 15. The van der Waals surface area contributed by atoms with E-state index in [1.807, 2.05) is 12.2 Å². The minimum Gasteiger partial charge on any atom is -0.597 e. The highest BCUT2D eigenvalue weighted by Crippen LogP contribution is 2.08. The minimum atomic E-state index is -2.49. The summed E-state index contributed by atoms with van der Waals surface area (Å²) in [5.74, 6) is -10.3. The first-order chi connectivity index (χ1) is 27.7. The number of aliphatic carboxylic acids is 2. The first-order valence-corrected chi connectivity index (χ1v) is 18.6. The van der Waals surface area contributed by atoms with Crippen LogP contribution in [-0.2, 0) is 38.4 Å². The molecule has 8 atom stereocenters. The van der Waals surface area contributed by atoms with Gasteiger partial charge in [0.1, 0.15) is 30.2 Å². The average Bonchev–Trinajstić information content (AvgIpc) is 3.17. The summed E-state index contributed by atoms with van der Waals surface area (Å²) in [6.45, 7) is 2.25. The van der Waals surface area contributed by atoms with Gasteiger partial charge in [0.2, 0.25) is 35.4 Å². The molecule has 0 saturated heterocycles. The summed E-state index contributed by atoms with van der Waals surface area (Å²) >= 11 is 0. The van der Waals surface area contributed by atoms with E-state index in [0.717, 1.165) is 33.1 Å². The van der Waals surface area contributed by atoms with E-state index in [-0.39, 0.29) is 35.4 Å². The summed E-state index contributed by atoms with van der Waals surface area (Å²) in [7, 11) is 0. The Labute approximate surface area is 337 Å². The maximum atomic E-state index is 13.4. The van der Waals surface area contributed by atoms with Crippen molar-refractivity contribution in [1.29, 1.82) is 0 Å². The van der Waals surface area contributed by atoms with Crippen molar-refractivity contribution in [1.82, 2.24) is 31.9 Å². The maximum absolute atomic E-state index is 13.4. The molecule has 0 spiro atoms. The SMILES string of the molecule is CCCCCCCC(=O)NC(C(=O)NC(C(=O)NC(C(=O)NC(CCC[N+]([O-])=NO)C(=O)NCC(=O)NC(CCC[N+]([O-])=NO)C(=O)O)C(C)O)C(C)O)C(O)C(=O)O. The molecule has 0 aromatic heterocycles. The number of rotatable bonds is 30. The molecule has 27 heteroatoms. The van der Waals surface area contributed by atoms with Crippen molar-refractivity contribution in [3.8, 4) is 0 Å². The van der Waals surface area contributed by atoms with Gasteiger partial charge in [-0.2, -0.15) is 0 Å². The largest absolute Gasteiger partial charge is 0.597 e. The molecule has 13 N–H and O–H groups in total. The van der Waals surface area contributed by atoms with Crippen LogP contribution in [0.25, 0.3) is 0 Å². The zero-order valence-electron chi connectivity index (χ0n) is 32.8. The lowest BCUT2D eigenvalue weighted by Crippen LogP contribution is -2.64. The molecular weight excluding hydrogens is 796 g/mol. The molecule has 27 nitrogen and oxygen atoms in total. The van der Waals surface area contributed by atoms with E-state index in [4.69, 9.17) is 10.4 Å². The molecule has 0 saturated carbocycles. The lowest BCUT2D eigenvalue weighted by atomic mass is 10.0. The zero-order chi connectivity index (χ0) is 45.2. The average molecular weight is 853 g/mol. The van der Waals surface area contributed by atoms with Crippen molar-refractivity contribution in [2.24, 2.45) is 10.6 Å².